The molecule has 1 saturated carbocycles. The third-order valence-corrected chi connectivity index (χ3v) is 10.5. The maximum absolute atomic E-state index is 15.1. The van der Waals surface area contributed by atoms with Gasteiger partial charge >= 0.3 is 6.03 Å². The Morgan fingerprint density at radius 2 is 1.70 bits per heavy atom. The summed E-state index contributed by atoms with van der Waals surface area (Å²) < 4.78 is 5.46. The number of nitrogens with one attached hydrogen (secondary N) is 1. The average molecular weight is 655 g/mol. The van der Waals surface area contributed by atoms with E-state index in [4.69, 9.17) is 22.1 Å². The third-order valence-electron chi connectivity index (χ3n) is 10.2. The van der Waals surface area contributed by atoms with Crippen LogP contribution in [0.25, 0.3) is 0 Å². The minimum Gasteiger partial charge on any atom is -0.503 e. The summed E-state index contributed by atoms with van der Waals surface area (Å²) in [6, 6.07) is 18.2. The largest absolute Gasteiger partial charge is 0.503 e. The number of nitrogens with two attached hydrogens (primary N) is 1. The number of benzene rings is 3. The summed E-state index contributed by atoms with van der Waals surface area (Å²) in [6.45, 7) is 1.92. The number of nitrogens with zero attached hydrogens (tertiary/aromatic N) is 2. The second-order valence-corrected chi connectivity index (χ2v) is 12.9. The Morgan fingerprint density at radius 3 is 2.36 bits per heavy atom. The molecule has 3 aromatic carbocycles. The SMILES string of the molecule is COc1cc(C2C3=CCC4C(=O)N(C(N)=O)C(=O)C4C3CC3C(=O)N(Nc4ccc(C)cc4)C(=O)C32c2ccccc2)cc(Cl)c1O. The molecule has 4 aliphatic rings. The number of phenols is 1. The number of phenolic OH excluding ortho intramolecular Hbond substituents is 1. The van der Waals surface area contributed by atoms with Crippen LogP contribution in [0.5, 0.6) is 11.5 Å². The summed E-state index contributed by atoms with van der Waals surface area (Å²) in [5.41, 5.74) is 10.2. The van der Waals surface area contributed by atoms with E-state index in [1.54, 1.807) is 42.5 Å². The molecule has 12 heteroatoms. The number of amides is 6. The Labute approximate surface area is 274 Å². The van der Waals surface area contributed by atoms with Gasteiger partial charge in [0.2, 0.25) is 11.8 Å². The van der Waals surface area contributed by atoms with Gasteiger partial charge in [-0.3, -0.25) is 24.6 Å². The van der Waals surface area contributed by atoms with Crippen molar-refractivity contribution in [1.29, 1.82) is 0 Å². The number of ether oxygens (including phenoxy) is 1. The first-order chi connectivity index (χ1) is 22.5. The van der Waals surface area contributed by atoms with E-state index in [1.165, 1.54) is 13.2 Å². The number of allylic oxidation sites excluding steroid dienone is 2. The molecule has 6 amide bonds. The summed E-state index contributed by atoms with van der Waals surface area (Å²) in [4.78, 5) is 69.4. The molecule has 4 N–H and O–H groups in total. The minimum absolute atomic E-state index is 0.0334. The Bertz CT molecular complexity index is 1900. The smallest absolute Gasteiger partial charge is 0.328 e. The van der Waals surface area contributed by atoms with Crippen molar-refractivity contribution in [1.82, 2.24) is 9.91 Å². The first-order valence-electron chi connectivity index (χ1n) is 15.2. The Kier molecular flexibility index (Phi) is 7.12. The number of aryl methyl sites for hydroxylation is 1. The lowest BCUT2D eigenvalue weighted by Crippen LogP contribution is -2.53. The van der Waals surface area contributed by atoms with Crippen LogP contribution in [0.15, 0.2) is 78.4 Å². The zero-order chi connectivity index (χ0) is 33.4. The predicted octanol–water partition coefficient (Wildman–Crippen LogP) is 4.43. The van der Waals surface area contributed by atoms with E-state index in [0.29, 0.717) is 27.3 Å². The van der Waals surface area contributed by atoms with Crippen molar-refractivity contribution in [2.75, 3.05) is 12.5 Å². The molecule has 2 aliphatic heterocycles. The van der Waals surface area contributed by atoms with Gasteiger partial charge in [-0.25, -0.2) is 4.79 Å². The van der Waals surface area contributed by atoms with E-state index in [9.17, 15) is 24.3 Å². The standard InChI is InChI=1S/C35H31ClN4O7/c1-17-8-10-20(11-9-17)38-40-31(43)24-16-23-21(12-13-22-27(23)32(44)39(30(22)42)34(37)46)28(18-14-25(36)29(41)26(15-18)47-2)35(24,33(40)45)19-6-4-3-5-7-19/h3-12,14-15,22-24,27-28,38,41H,13,16H2,1-2H3,(H2,37,46). The van der Waals surface area contributed by atoms with Gasteiger partial charge in [-0.1, -0.05) is 71.3 Å². The fourth-order valence-corrected chi connectivity index (χ4v) is 8.47. The number of methoxy groups -OCH3 is 1. The summed E-state index contributed by atoms with van der Waals surface area (Å²) in [7, 11) is 1.37. The number of aromatic hydroxyl groups is 1. The molecule has 0 spiro atoms. The molecule has 6 atom stereocenters. The predicted molar refractivity (Wildman–Crippen MR) is 170 cm³/mol. The van der Waals surface area contributed by atoms with Gasteiger partial charge in [-0.05, 0) is 61.1 Å². The van der Waals surface area contributed by atoms with Gasteiger partial charge in [0, 0.05) is 5.92 Å². The van der Waals surface area contributed by atoms with Crippen molar-refractivity contribution in [2.45, 2.75) is 31.1 Å². The topological polar surface area (TPSA) is 159 Å². The molecule has 0 radical (unpaired) electrons. The number of rotatable bonds is 5. The molecule has 2 aliphatic carbocycles. The third kappa shape index (κ3) is 4.29. The molecule has 2 heterocycles. The van der Waals surface area contributed by atoms with E-state index >= 15 is 4.79 Å². The highest BCUT2D eigenvalue weighted by molar-refractivity contribution is 6.32. The van der Waals surface area contributed by atoms with E-state index in [-0.39, 0.29) is 29.4 Å². The van der Waals surface area contributed by atoms with Crippen molar-refractivity contribution in [2.24, 2.45) is 29.4 Å². The van der Waals surface area contributed by atoms with Crippen LogP contribution in [0.3, 0.4) is 0 Å². The van der Waals surface area contributed by atoms with Crippen LogP contribution in [0.4, 0.5) is 10.5 Å². The van der Waals surface area contributed by atoms with Crippen molar-refractivity contribution in [3.8, 4) is 11.5 Å². The van der Waals surface area contributed by atoms with Gasteiger partial charge in [0.25, 0.3) is 11.8 Å². The van der Waals surface area contributed by atoms with E-state index < -0.39 is 64.7 Å². The van der Waals surface area contributed by atoms with Gasteiger partial charge in [-0.2, -0.15) is 9.91 Å². The second kappa shape index (κ2) is 11.0. The molecule has 3 fully saturated rings. The van der Waals surface area contributed by atoms with Crippen molar-refractivity contribution in [3.63, 3.8) is 0 Å². The number of carbonyl (C=O) groups excluding carboxylic acids is 5. The second-order valence-electron chi connectivity index (χ2n) is 12.5. The van der Waals surface area contributed by atoms with Crippen LogP contribution in [0.2, 0.25) is 5.02 Å². The lowest BCUT2D eigenvalue weighted by Gasteiger charge is -2.50. The van der Waals surface area contributed by atoms with Crippen molar-refractivity contribution in [3.05, 3.63) is 100 Å². The fourth-order valence-electron chi connectivity index (χ4n) is 8.26. The van der Waals surface area contributed by atoms with E-state index in [1.807, 2.05) is 31.2 Å². The number of hydrazine groups is 1. The van der Waals surface area contributed by atoms with Crippen LogP contribution in [0, 0.1) is 30.6 Å². The zero-order valence-corrected chi connectivity index (χ0v) is 26.2. The van der Waals surface area contributed by atoms with E-state index in [0.717, 1.165) is 10.6 Å². The van der Waals surface area contributed by atoms with E-state index in [2.05, 4.69) is 5.43 Å². The minimum atomic E-state index is -1.54. The molecule has 7 rings (SSSR count). The Morgan fingerprint density at radius 1 is 1.00 bits per heavy atom. The number of primary amides is 1. The summed E-state index contributed by atoms with van der Waals surface area (Å²) in [5, 5.41) is 11.7. The van der Waals surface area contributed by atoms with Gasteiger partial charge in [0.05, 0.1) is 41.0 Å². The number of hydrogen-bond acceptors (Lipinski definition) is 8. The van der Waals surface area contributed by atoms with Crippen LogP contribution in [-0.2, 0) is 24.6 Å². The molecule has 240 valence electrons. The maximum atomic E-state index is 15.1. The number of urea groups is 1. The number of hydrogen-bond donors (Lipinski definition) is 3. The Hall–Kier alpha value is -5.16. The van der Waals surface area contributed by atoms with Crippen molar-refractivity contribution >= 4 is 46.9 Å². The van der Waals surface area contributed by atoms with Crippen LogP contribution < -0.4 is 15.9 Å². The van der Waals surface area contributed by atoms with Gasteiger partial charge in [0.1, 0.15) is 0 Å². The summed E-state index contributed by atoms with van der Waals surface area (Å²) >= 11 is 6.54. The first kappa shape index (κ1) is 30.5. The van der Waals surface area contributed by atoms with Crippen LogP contribution in [0.1, 0.15) is 35.4 Å². The first-order valence-corrected chi connectivity index (χ1v) is 15.6. The number of likely N-dealkylation sites (tertiary alicyclic amines) is 1. The highest BCUT2D eigenvalue weighted by Gasteiger charge is 2.70. The number of anilines is 1. The maximum Gasteiger partial charge on any atom is 0.328 e. The normalized spacial score (nSPS) is 28.1. The number of carbonyl (C=O) groups is 5. The molecular weight excluding hydrogens is 624 g/mol. The summed E-state index contributed by atoms with van der Waals surface area (Å²) in [5.74, 6) is -7.07. The molecule has 0 aromatic heterocycles. The molecule has 2 saturated heterocycles. The molecule has 11 nitrogen and oxygen atoms in total. The number of halogens is 1. The summed E-state index contributed by atoms with van der Waals surface area (Å²) in [6.07, 6.45) is 2.01. The monoisotopic (exact) mass is 654 g/mol. The van der Waals surface area contributed by atoms with Gasteiger partial charge < -0.3 is 15.6 Å². The number of fused-ring (bicyclic) bond motifs is 4. The highest BCUT2D eigenvalue weighted by atomic mass is 35.5. The quantitative estimate of drug-likeness (QED) is 0.269. The average Bonchev–Trinajstić information content (AvgIpc) is 3.44. The zero-order valence-electron chi connectivity index (χ0n) is 25.5. The lowest BCUT2D eigenvalue weighted by atomic mass is 9.49. The lowest BCUT2D eigenvalue weighted by molar-refractivity contribution is -0.139. The van der Waals surface area contributed by atoms with Crippen LogP contribution >= 0.6 is 11.6 Å². The Balaban J connectivity index is 1.48. The van der Waals surface area contributed by atoms with Gasteiger partial charge in [-0.15, -0.1) is 0 Å². The van der Waals surface area contributed by atoms with Gasteiger partial charge in [0.15, 0.2) is 11.5 Å². The molecule has 47 heavy (non-hydrogen) atoms. The molecular formula is C35H31ClN4O7. The molecule has 0 bridgehead atoms. The number of imide groups is 4. The molecule has 3 aromatic rings. The molecule has 6 unspecified atom stereocenters. The van der Waals surface area contributed by atoms with Crippen molar-refractivity contribution < 1.29 is 33.8 Å². The highest BCUT2D eigenvalue weighted by Crippen LogP contribution is 2.64. The van der Waals surface area contributed by atoms with Crippen LogP contribution in [-0.4, -0.2) is 51.8 Å². The fraction of sp³-hybridized carbons (Fsp3) is 0.286.